The van der Waals surface area contributed by atoms with Gasteiger partial charge in [0.05, 0.1) is 29.6 Å². The number of hydrogen-bond donors (Lipinski definition) is 1. The highest BCUT2D eigenvalue weighted by molar-refractivity contribution is 6.31. The van der Waals surface area contributed by atoms with Gasteiger partial charge in [-0.05, 0) is 62.2 Å². The first-order chi connectivity index (χ1) is 17.7. The second kappa shape index (κ2) is 9.72. The maximum atomic E-state index is 14.2. The molecule has 1 atom stereocenters. The number of carbonyl (C=O) groups excluding carboxylic acids is 1. The summed E-state index contributed by atoms with van der Waals surface area (Å²) in [4.78, 5) is 24.9. The molecule has 0 spiro atoms. The number of nitrogens with one attached hydrogen (secondary N) is 1. The van der Waals surface area contributed by atoms with Crippen molar-refractivity contribution in [3.8, 4) is 17.1 Å². The number of fused-ring (bicyclic) bond motifs is 1. The lowest BCUT2D eigenvalue weighted by atomic mass is 10.0. The van der Waals surface area contributed by atoms with Gasteiger partial charge < -0.3 is 14.6 Å². The summed E-state index contributed by atoms with van der Waals surface area (Å²) in [6, 6.07) is 14.8. The number of rotatable bonds is 6. The number of benzene rings is 2. The lowest BCUT2D eigenvalue weighted by molar-refractivity contribution is 0.0993. The molecule has 1 unspecified atom stereocenters. The molecule has 1 aliphatic rings. The average Bonchev–Trinajstić information content (AvgIpc) is 3.40. The van der Waals surface area contributed by atoms with Crippen LogP contribution in [0.2, 0.25) is 10.0 Å². The first kappa shape index (κ1) is 25.1. The van der Waals surface area contributed by atoms with E-state index in [9.17, 15) is 4.79 Å². The number of carbonyl (C=O) groups is 1. The Morgan fingerprint density at radius 1 is 1.03 bits per heavy atom. The van der Waals surface area contributed by atoms with Gasteiger partial charge in [0.2, 0.25) is 11.8 Å². The molecule has 0 radical (unpaired) electrons. The molecule has 0 saturated carbocycles. The van der Waals surface area contributed by atoms with Crippen molar-refractivity contribution in [1.82, 2.24) is 14.5 Å². The topological polar surface area (TPSA) is 72.3 Å². The maximum Gasteiger partial charge on any atom is 0.261 e. The fourth-order valence-electron chi connectivity index (χ4n) is 4.98. The van der Waals surface area contributed by atoms with Crippen molar-refractivity contribution < 1.29 is 9.53 Å². The van der Waals surface area contributed by atoms with E-state index in [-0.39, 0.29) is 11.9 Å². The van der Waals surface area contributed by atoms with Crippen LogP contribution in [0.4, 0.5) is 11.6 Å². The van der Waals surface area contributed by atoms with E-state index in [4.69, 9.17) is 27.9 Å². The summed E-state index contributed by atoms with van der Waals surface area (Å²) in [6.45, 7) is 6.17. The van der Waals surface area contributed by atoms with E-state index in [1.54, 1.807) is 20.4 Å². The zero-order valence-corrected chi connectivity index (χ0v) is 22.7. The molecule has 7 nitrogen and oxygen atoms in total. The number of hydrogen-bond acceptors (Lipinski definition) is 5. The standard InChI is InChI=1S/C28H27Cl2N5O2/c1-15(2)34-23(21-14-32-28(31-4)33-26(21)37-5)13-20-25(34)24(17-7-10-18(29)11-8-17)35(27(20)36)22-12-19(30)9-6-16(22)3/h6-15,24H,1-5H3,(H,31,32,33). The normalized spacial score (nSPS) is 14.9. The molecule has 0 fully saturated rings. The fourth-order valence-corrected chi connectivity index (χ4v) is 5.28. The van der Waals surface area contributed by atoms with Crippen molar-refractivity contribution in [2.75, 3.05) is 24.4 Å². The van der Waals surface area contributed by atoms with Gasteiger partial charge in [-0.15, -0.1) is 0 Å². The molecule has 0 saturated heterocycles. The molecule has 9 heteroatoms. The third-order valence-electron chi connectivity index (χ3n) is 6.62. The fraction of sp³-hybridized carbons (Fsp3) is 0.250. The summed E-state index contributed by atoms with van der Waals surface area (Å²) in [7, 11) is 3.33. The quantitative estimate of drug-likeness (QED) is 0.289. The zero-order chi connectivity index (χ0) is 26.4. The highest BCUT2D eigenvalue weighted by atomic mass is 35.5. The van der Waals surface area contributed by atoms with Crippen molar-refractivity contribution in [2.24, 2.45) is 0 Å². The Bertz CT molecular complexity index is 1500. The largest absolute Gasteiger partial charge is 0.480 e. The van der Waals surface area contributed by atoms with Crippen LogP contribution in [0.15, 0.2) is 54.7 Å². The average molecular weight is 536 g/mol. The number of methoxy groups -OCH3 is 1. The lowest BCUT2D eigenvalue weighted by Gasteiger charge is -2.30. The third-order valence-corrected chi connectivity index (χ3v) is 7.11. The molecule has 2 aromatic carbocycles. The molecule has 0 bridgehead atoms. The van der Waals surface area contributed by atoms with Crippen LogP contribution in [-0.4, -0.2) is 34.6 Å². The number of ether oxygens (including phenoxy) is 1. The minimum Gasteiger partial charge on any atom is -0.480 e. The van der Waals surface area contributed by atoms with Gasteiger partial charge in [0.15, 0.2) is 0 Å². The first-order valence-corrected chi connectivity index (χ1v) is 12.7. The van der Waals surface area contributed by atoms with Crippen LogP contribution < -0.4 is 15.0 Å². The van der Waals surface area contributed by atoms with E-state index < -0.39 is 6.04 Å². The Morgan fingerprint density at radius 3 is 2.38 bits per heavy atom. The summed E-state index contributed by atoms with van der Waals surface area (Å²) in [5.41, 5.74) is 5.68. The number of halogens is 2. The molecule has 190 valence electrons. The summed E-state index contributed by atoms with van der Waals surface area (Å²) < 4.78 is 7.79. The highest BCUT2D eigenvalue weighted by Gasteiger charge is 2.44. The predicted octanol–water partition coefficient (Wildman–Crippen LogP) is 6.94. The summed E-state index contributed by atoms with van der Waals surface area (Å²) in [5, 5.41) is 4.14. The molecule has 1 amide bonds. The number of anilines is 2. The number of amides is 1. The minimum absolute atomic E-state index is 0.0236. The number of aryl methyl sites for hydroxylation is 1. The Balaban J connectivity index is 1.79. The van der Waals surface area contributed by atoms with Gasteiger partial charge in [0.25, 0.3) is 5.91 Å². The van der Waals surface area contributed by atoms with Crippen molar-refractivity contribution in [3.05, 3.63) is 87.2 Å². The van der Waals surface area contributed by atoms with Gasteiger partial charge in [-0.2, -0.15) is 4.98 Å². The molecule has 3 heterocycles. The van der Waals surface area contributed by atoms with Crippen molar-refractivity contribution in [2.45, 2.75) is 32.9 Å². The predicted molar refractivity (Wildman–Crippen MR) is 148 cm³/mol. The third kappa shape index (κ3) is 4.22. The Kier molecular flexibility index (Phi) is 6.60. The molecular weight excluding hydrogens is 509 g/mol. The molecule has 1 N–H and O–H groups in total. The van der Waals surface area contributed by atoms with Gasteiger partial charge in [0, 0.05) is 35.0 Å². The zero-order valence-electron chi connectivity index (χ0n) is 21.2. The molecule has 37 heavy (non-hydrogen) atoms. The van der Waals surface area contributed by atoms with E-state index in [2.05, 4.69) is 33.7 Å². The van der Waals surface area contributed by atoms with Crippen LogP contribution >= 0.6 is 23.2 Å². The van der Waals surface area contributed by atoms with Crippen LogP contribution in [0.25, 0.3) is 11.3 Å². The van der Waals surface area contributed by atoms with Crippen molar-refractivity contribution in [3.63, 3.8) is 0 Å². The summed E-state index contributed by atoms with van der Waals surface area (Å²) in [5.74, 6) is 0.775. The first-order valence-electron chi connectivity index (χ1n) is 11.9. The monoisotopic (exact) mass is 535 g/mol. The smallest absolute Gasteiger partial charge is 0.261 e. The second-order valence-corrected chi connectivity index (χ2v) is 10.1. The molecule has 5 rings (SSSR count). The van der Waals surface area contributed by atoms with Gasteiger partial charge in [-0.1, -0.05) is 41.4 Å². The SMILES string of the molecule is CNc1ncc(-c2cc3c(n2C(C)C)C(c2ccc(Cl)cc2)N(c2cc(Cl)ccc2C)C3=O)c(OC)n1. The van der Waals surface area contributed by atoms with Crippen molar-refractivity contribution in [1.29, 1.82) is 0 Å². The molecule has 2 aromatic heterocycles. The maximum absolute atomic E-state index is 14.2. The van der Waals surface area contributed by atoms with E-state index in [0.29, 0.717) is 33.0 Å². The van der Waals surface area contributed by atoms with Crippen molar-refractivity contribution >= 4 is 40.7 Å². The second-order valence-electron chi connectivity index (χ2n) is 9.22. The van der Waals surface area contributed by atoms with E-state index in [0.717, 1.165) is 28.2 Å². The molecule has 0 aliphatic carbocycles. The van der Waals surface area contributed by atoms with Crippen LogP contribution in [0.1, 0.15) is 53.1 Å². The number of nitrogens with zero attached hydrogens (tertiary/aromatic N) is 4. The van der Waals surface area contributed by atoms with Crippen LogP contribution in [0, 0.1) is 6.92 Å². The van der Waals surface area contributed by atoms with Gasteiger partial charge in [-0.25, -0.2) is 4.98 Å². The van der Waals surface area contributed by atoms with E-state index >= 15 is 0 Å². The van der Waals surface area contributed by atoms with Crippen LogP contribution in [0.5, 0.6) is 5.88 Å². The highest BCUT2D eigenvalue weighted by Crippen LogP contribution is 2.48. The minimum atomic E-state index is -0.392. The van der Waals surface area contributed by atoms with Crippen LogP contribution in [-0.2, 0) is 0 Å². The Morgan fingerprint density at radius 2 is 1.73 bits per heavy atom. The summed E-state index contributed by atoms with van der Waals surface area (Å²) >= 11 is 12.6. The lowest BCUT2D eigenvalue weighted by Crippen LogP contribution is -2.30. The van der Waals surface area contributed by atoms with Crippen LogP contribution in [0.3, 0.4) is 0 Å². The van der Waals surface area contributed by atoms with Gasteiger partial charge in [0.1, 0.15) is 6.04 Å². The van der Waals surface area contributed by atoms with E-state index in [1.165, 1.54) is 0 Å². The van der Waals surface area contributed by atoms with Gasteiger partial charge in [-0.3, -0.25) is 9.69 Å². The van der Waals surface area contributed by atoms with Gasteiger partial charge >= 0.3 is 0 Å². The molecular formula is C28H27Cl2N5O2. The Labute approximate surface area is 226 Å². The molecule has 4 aromatic rings. The van der Waals surface area contributed by atoms with E-state index in [1.807, 2.05) is 60.4 Å². The number of aromatic nitrogens is 3. The summed E-state index contributed by atoms with van der Waals surface area (Å²) in [6.07, 6.45) is 1.72. The molecule has 1 aliphatic heterocycles. The Hall–Kier alpha value is -3.55.